The Morgan fingerprint density at radius 3 is 3.10 bits per heavy atom. The Balaban J connectivity index is 1.91. The zero-order chi connectivity index (χ0) is 14.5. The van der Waals surface area contributed by atoms with Crippen molar-refractivity contribution in [2.45, 2.75) is 25.8 Å². The number of amides is 1. The molecule has 2 aromatic rings. The second-order valence-electron chi connectivity index (χ2n) is 4.58. The molecule has 0 aromatic carbocycles. The van der Waals surface area contributed by atoms with Crippen LogP contribution < -0.4 is 11.1 Å². The fourth-order valence-corrected chi connectivity index (χ4v) is 1.82. The highest BCUT2D eigenvalue weighted by atomic mass is 19.1. The van der Waals surface area contributed by atoms with Gasteiger partial charge in [0.05, 0.1) is 18.0 Å². The van der Waals surface area contributed by atoms with Crippen LogP contribution in [-0.2, 0) is 6.42 Å². The molecule has 0 fully saturated rings. The molecule has 1 amide bonds. The monoisotopic (exact) mass is 277 g/mol. The molecule has 20 heavy (non-hydrogen) atoms. The molecule has 6 heteroatoms. The van der Waals surface area contributed by atoms with Crippen LogP contribution >= 0.6 is 0 Å². The molecule has 0 radical (unpaired) electrons. The maximum Gasteiger partial charge on any atom is 0.255 e. The number of nitrogen functional groups attached to an aromatic ring is 1. The second kappa shape index (κ2) is 6.18. The Labute approximate surface area is 116 Å². The third-order valence-electron chi connectivity index (χ3n) is 2.91. The molecule has 0 aliphatic carbocycles. The molecule has 0 aliphatic rings. The predicted octanol–water partition coefficient (Wildman–Crippen LogP) is 2.15. The van der Waals surface area contributed by atoms with Gasteiger partial charge in [-0.05, 0) is 31.5 Å². The van der Waals surface area contributed by atoms with E-state index in [1.165, 1.54) is 0 Å². The Morgan fingerprint density at radius 1 is 1.60 bits per heavy atom. The van der Waals surface area contributed by atoms with Crippen molar-refractivity contribution in [2.24, 2.45) is 0 Å². The van der Waals surface area contributed by atoms with Gasteiger partial charge < -0.3 is 15.5 Å². The van der Waals surface area contributed by atoms with E-state index in [9.17, 15) is 9.18 Å². The Kier molecular flexibility index (Phi) is 4.34. The third-order valence-corrected chi connectivity index (χ3v) is 2.91. The molecule has 0 spiro atoms. The minimum atomic E-state index is -0.590. The number of carbonyl (C=O) groups excluding carboxylic acids is 1. The van der Waals surface area contributed by atoms with Crippen molar-refractivity contribution >= 4 is 11.7 Å². The summed E-state index contributed by atoms with van der Waals surface area (Å²) in [6.45, 7) is 1.86. The van der Waals surface area contributed by atoms with Crippen molar-refractivity contribution in [3.63, 3.8) is 0 Å². The smallest absolute Gasteiger partial charge is 0.255 e. The summed E-state index contributed by atoms with van der Waals surface area (Å²) in [4.78, 5) is 15.6. The Bertz CT molecular complexity index is 584. The predicted molar refractivity (Wildman–Crippen MR) is 72.6 cm³/mol. The van der Waals surface area contributed by atoms with E-state index in [-0.39, 0.29) is 17.4 Å². The van der Waals surface area contributed by atoms with Crippen LogP contribution in [0.15, 0.2) is 35.1 Å². The van der Waals surface area contributed by atoms with Crippen molar-refractivity contribution in [3.05, 3.63) is 47.8 Å². The molecule has 0 bridgehead atoms. The van der Waals surface area contributed by atoms with E-state index in [4.69, 9.17) is 10.2 Å². The first-order valence-electron chi connectivity index (χ1n) is 6.30. The van der Waals surface area contributed by atoms with Gasteiger partial charge >= 0.3 is 0 Å². The molecular weight excluding hydrogens is 261 g/mol. The summed E-state index contributed by atoms with van der Waals surface area (Å²) >= 11 is 0. The number of pyridine rings is 1. The van der Waals surface area contributed by atoms with Crippen LogP contribution in [0.5, 0.6) is 0 Å². The quantitative estimate of drug-likeness (QED) is 0.877. The minimum Gasteiger partial charge on any atom is -0.469 e. The molecule has 2 heterocycles. The van der Waals surface area contributed by atoms with Crippen LogP contribution in [0.4, 0.5) is 10.2 Å². The first-order valence-corrected chi connectivity index (χ1v) is 6.30. The SMILES string of the molecule is CC(CCc1ccco1)NC(=O)c1cc(F)cnc1N. The maximum atomic E-state index is 13.1. The van der Waals surface area contributed by atoms with Gasteiger partial charge in [0.25, 0.3) is 5.91 Å². The van der Waals surface area contributed by atoms with Crippen LogP contribution in [0.25, 0.3) is 0 Å². The molecule has 2 rings (SSSR count). The summed E-state index contributed by atoms with van der Waals surface area (Å²) in [5.74, 6) is -0.144. The number of anilines is 1. The van der Waals surface area contributed by atoms with E-state index < -0.39 is 11.7 Å². The highest BCUT2D eigenvalue weighted by Gasteiger charge is 2.14. The Hall–Kier alpha value is -2.37. The summed E-state index contributed by atoms with van der Waals surface area (Å²) < 4.78 is 18.3. The molecule has 2 aromatic heterocycles. The van der Waals surface area contributed by atoms with Gasteiger partial charge in [-0.3, -0.25) is 4.79 Å². The number of carbonyl (C=O) groups is 1. The summed E-state index contributed by atoms with van der Waals surface area (Å²) in [6, 6.07) is 4.69. The third kappa shape index (κ3) is 3.57. The van der Waals surface area contributed by atoms with Crippen LogP contribution in [0.3, 0.4) is 0 Å². The Morgan fingerprint density at radius 2 is 2.40 bits per heavy atom. The number of hydrogen-bond donors (Lipinski definition) is 2. The number of hydrogen-bond acceptors (Lipinski definition) is 4. The van der Waals surface area contributed by atoms with E-state index in [2.05, 4.69) is 10.3 Å². The molecule has 5 nitrogen and oxygen atoms in total. The number of nitrogens with one attached hydrogen (secondary N) is 1. The average molecular weight is 277 g/mol. The summed E-state index contributed by atoms with van der Waals surface area (Å²) in [7, 11) is 0. The van der Waals surface area contributed by atoms with Gasteiger partial charge in [-0.25, -0.2) is 9.37 Å². The largest absolute Gasteiger partial charge is 0.469 e. The topological polar surface area (TPSA) is 81.2 Å². The van der Waals surface area contributed by atoms with Gasteiger partial charge in [0, 0.05) is 12.5 Å². The molecule has 106 valence electrons. The van der Waals surface area contributed by atoms with Crippen LogP contribution in [0, 0.1) is 5.82 Å². The van der Waals surface area contributed by atoms with E-state index in [0.717, 1.165) is 18.0 Å². The molecule has 0 saturated carbocycles. The minimum absolute atomic E-state index is 0.0159. The number of nitrogens with zero attached hydrogens (tertiary/aromatic N) is 1. The van der Waals surface area contributed by atoms with Crippen molar-refractivity contribution < 1.29 is 13.6 Å². The lowest BCUT2D eigenvalue weighted by molar-refractivity contribution is 0.0938. The van der Waals surface area contributed by atoms with Crippen molar-refractivity contribution in [3.8, 4) is 0 Å². The molecule has 1 atom stereocenters. The number of rotatable bonds is 5. The number of nitrogens with two attached hydrogens (primary N) is 1. The lowest BCUT2D eigenvalue weighted by atomic mass is 10.1. The van der Waals surface area contributed by atoms with E-state index >= 15 is 0 Å². The van der Waals surface area contributed by atoms with Crippen molar-refractivity contribution in [1.29, 1.82) is 0 Å². The fraction of sp³-hybridized carbons (Fsp3) is 0.286. The number of aromatic nitrogens is 1. The van der Waals surface area contributed by atoms with E-state index in [1.807, 2.05) is 19.1 Å². The maximum absolute atomic E-state index is 13.1. The molecular formula is C14H16FN3O2. The zero-order valence-corrected chi connectivity index (χ0v) is 11.1. The molecule has 0 aliphatic heterocycles. The van der Waals surface area contributed by atoms with E-state index in [1.54, 1.807) is 6.26 Å². The van der Waals surface area contributed by atoms with Crippen LogP contribution in [-0.4, -0.2) is 16.9 Å². The average Bonchev–Trinajstić information content (AvgIpc) is 2.92. The van der Waals surface area contributed by atoms with Crippen LogP contribution in [0.1, 0.15) is 29.5 Å². The highest BCUT2D eigenvalue weighted by molar-refractivity contribution is 5.98. The van der Waals surface area contributed by atoms with Gasteiger partial charge in [-0.15, -0.1) is 0 Å². The highest BCUT2D eigenvalue weighted by Crippen LogP contribution is 2.11. The van der Waals surface area contributed by atoms with E-state index in [0.29, 0.717) is 12.8 Å². The second-order valence-corrected chi connectivity index (χ2v) is 4.58. The summed E-state index contributed by atoms with van der Waals surface area (Å²) in [5, 5.41) is 2.76. The first kappa shape index (κ1) is 14.0. The lowest BCUT2D eigenvalue weighted by Gasteiger charge is -2.13. The van der Waals surface area contributed by atoms with Crippen molar-refractivity contribution in [2.75, 3.05) is 5.73 Å². The standard InChI is InChI=1S/C14H16FN3O2/c1-9(4-5-11-3-2-6-20-11)18-14(19)12-7-10(15)8-17-13(12)16/h2-3,6-9H,4-5H2,1H3,(H2,16,17)(H,18,19). The van der Waals surface area contributed by atoms with Gasteiger partial charge in [0.2, 0.25) is 0 Å². The number of halogens is 1. The van der Waals surface area contributed by atoms with Gasteiger partial charge in [0.15, 0.2) is 0 Å². The zero-order valence-electron chi connectivity index (χ0n) is 11.1. The number of furan rings is 1. The molecule has 0 saturated heterocycles. The summed E-state index contributed by atoms with van der Waals surface area (Å²) in [5.41, 5.74) is 5.61. The first-order chi connectivity index (χ1) is 9.56. The van der Waals surface area contributed by atoms with Crippen molar-refractivity contribution in [1.82, 2.24) is 10.3 Å². The normalized spacial score (nSPS) is 12.1. The van der Waals surface area contributed by atoms with Gasteiger partial charge in [-0.1, -0.05) is 0 Å². The van der Waals surface area contributed by atoms with Gasteiger partial charge in [-0.2, -0.15) is 0 Å². The summed E-state index contributed by atoms with van der Waals surface area (Å²) in [6.07, 6.45) is 4.01. The fourth-order valence-electron chi connectivity index (χ4n) is 1.82. The molecule has 1 unspecified atom stereocenters. The van der Waals surface area contributed by atoms with Gasteiger partial charge in [0.1, 0.15) is 17.4 Å². The van der Waals surface area contributed by atoms with Crippen LogP contribution in [0.2, 0.25) is 0 Å². The number of aryl methyl sites for hydroxylation is 1. The molecule has 3 N–H and O–H groups in total. The lowest BCUT2D eigenvalue weighted by Crippen LogP contribution is -2.33.